The van der Waals surface area contributed by atoms with Crippen LogP contribution in [0, 0.1) is 0 Å². The molecule has 0 aliphatic heterocycles. The Morgan fingerprint density at radius 3 is 2.17 bits per heavy atom. The average Bonchev–Trinajstić information content (AvgIpc) is 2.33. The predicted octanol–water partition coefficient (Wildman–Crippen LogP) is 1.28. The maximum absolute atomic E-state index is 12.3. The standard InChI is InChI=1S/C12H29N3O2S/c1-7-12(3,4)15(6)18(16,17)14(5)11-9-10-13-8-2/h13H,7-11H2,1-6H3. The molecule has 0 amide bonds. The van der Waals surface area contributed by atoms with Crippen molar-refractivity contribution in [2.24, 2.45) is 0 Å². The smallest absolute Gasteiger partial charge is 0.281 e. The van der Waals surface area contributed by atoms with Crippen LogP contribution in [-0.2, 0) is 10.2 Å². The summed E-state index contributed by atoms with van der Waals surface area (Å²) < 4.78 is 27.6. The Balaban J connectivity index is 4.53. The van der Waals surface area contributed by atoms with Crippen molar-refractivity contribution in [3.05, 3.63) is 0 Å². The minimum atomic E-state index is -3.36. The normalized spacial score (nSPS) is 13.6. The highest BCUT2D eigenvalue weighted by Crippen LogP contribution is 2.21. The van der Waals surface area contributed by atoms with Crippen LogP contribution >= 0.6 is 0 Å². The van der Waals surface area contributed by atoms with Crippen molar-refractivity contribution < 1.29 is 8.42 Å². The molecule has 0 heterocycles. The van der Waals surface area contributed by atoms with Crippen molar-refractivity contribution in [2.75, 3.05) is 33.7 Å². The van der Waals surface area contributed by atoms with Gasteiger partial charge in [-0.25, -0.2) is 0 Å². The van der Waals surface area contributed by atoms with Crippen molar-refractivity contribution in [2.45, 2.75) is 46.1 Å². The summed E-state index contributed by atoms with van der Waals surface area (Å²) in [6, 6.07) is 0. The van der Waals surface area contributed by atoms with Gasteiger partial charge in [-0.15, -0.1) is 0 Å². The number of hydrogen-bond acceptors (Lipinski definition) is 3. The van der Waals surface area contributed by atoms with E-state index in [1.807, 2.05) is 27.7 Å². The molecule has 0 aromatic heterocycles. The molecule has 1 N–H and O–H groups in total. The van der Waals surface area contributed by atoms with Crippen LogP contribution in [0.15, 0.2) is 0 Å². The van der Waals surface area contributed by atoms with E-state index in [0.29, 0.717) is 6.54 Å². The van der Waals surface area contributed by atoms with Crippen LogP contribution in [0.5, 0.6) is 0 Å². The highest BCUT2D eigenvalue weighted by molar-refractivity contribution is 7.86. The molecule has 0 fully saturated rings. The SMILES string of the molecule is CCNCCCN(C)S(=O)(=O)N(C)C(C)(C)CC. The number of nitrogens with zero attached hydrogens (tertiary/aromatic N) is 2. The fourth-order valence-corrected chi connectivity index (χ4v) is 2.99. The molecule has 18 heavy (non-hydrogen) atoms. The molecule has 0 aromatic carbocycles. The third kappa shape index (κ3) is 4.84. The largest absolute Gasteiger partial charge is 0.317 e. The Kier molecular flexibility index (Phi) is 7.36. The maximum Gasteiger partial charge on any atom is 0.281 e. The van der Waals surface area contributed by atoms with Crippen molar-refractivity contribution in [1.82, 2.24) is 13.9 Å². The lowest BCUT2D eigenvalue weighted by Crippen LogP contribution is -2.50. The molecular formula is C12H29N3O2S. The molecule has 0 aliphatic carbocycles. The third-order valence-electron chi connectivity index (χ3n) is 3.53. The molecular weight excluding hydrogens is 250 g/mol. The first-order chi connectivity index (χ1) is 8.20. The molecule has 6 heteroatoms. The van der Waals surface area contributed by atoms with E-state index in [-0.39, 0.29) is 5.54 Å². The second kappa shape index (κ2) is 7.43. The molecule has 0 radical (unpaired) electrons. The molecule has 0 rings (SSSR count). The van der Waals surface area contributed by atoms with Crippen LogP contribution in [0.4, 0.5) is 0 Å². The van der Waals surface area contributed by atoms with E-state index in [4.69, 9.17) is 0 Å². The van der Waals surface area contributed by atoms with Crippen LogP contribution in [0.1, 0.15) is 40.5 Å². The zero-order valence-corrected chi connectivity index (χ0v) is 13.5. The van der Waals surface area contributed by atoms with Crippen LogP contribution in [-0.4, -0.2) is 56.3 Å². The average molecular weight is 279 g/mol. The van der Waals surface area contributed by atoms with Gasteiger partial charge in [0.15, 0.2) is 0 Å². The Morgan fingerprint density at radius 1 is 1.17 bits per heavy atom. The van der Waals surface area contributed by atoms with E-state index in [1.54, 1.807) is 14.1 Å². The van der Waals surface area contributed by atoms with Gasteiger partial charge in [-0.1, -0.05) is 13.8 Å². The molecule has 0 saturated carbocycles. The summed E-state index contributed by atoms with van der Waals surface area (Å²) in [6.07, 6.45) is 1.61. The number of hydrogen-bond donors (Lipinski definition) is 1. The first-order valence-corrected chi connectivity index (χ1v) is 8.00. The van der Waals surface area contributed by atoms with E-state index < -0.39 is 10.2 Å². The molecule has 0 saturated heterocycles. The van der Waals surface area contributed by atoms with Crippen LogP contribution < -0.4 is 5.32 Å². The zero-order valence-electron chi connectivity index (χ0n) is 12.7. The van der Waals surface area contributed by atoms with Crippen molar-refractivity contribution in [3.63, 3.8) is 0 Å². The minimum Gasteiger partial charge on any atom is -0.317 e. The van der Waals surface area contributed by atoms with Gasteiger partial charge in [0.1, 0.15) is 0 Å². The monoisotopic (exact) mass is 279 g/mol. The predicted molar refractivity (Wildman–Crippen MR) is 76.8 cm³/mol. The van der Waals surface area contributed by atoms with Gasteiger partial charge in [-0.3, -0.25) is 0 Å². The molecule has 0 spiro atoms. The molecule has 110 valence electrons. The van der Waals surface area contributed by atoms with Crippen molar-refractivity contribution in [1.29, 1.82) is 0 Å². The summed E-state index contributed by atoms with van der Waals surface area (Å²) >= 11 is 0. The second-order valence-electron chi connectivity index (χ2n) is 5.17. The Hall–Kier alpha value is -0.170. The van der Waals surface area contributed by atoms with E-state index in [1.165, 1.54) is 8.61 Å². The Morgan fingerprint density at radius 2 is 1.72 bits per heavy atom. The van der Waals surface area contributed by atoms with Crippen molar-refractivity contribution in [3.8, 4) is 0 Å². The van der Waals surface area contributed by atoms with Crippen LogP contribution in [0.2, 0.25) is 0 Å². The van der Waals surface area contributed by atoms with E-state index in [0.717, 1.165) is 25.9 Å². The highest BCUT2D eigenvalue weighted by Gasteiger charge is 2.33. The Labute approximate surface area is 113 Å². The first-order valence-electron chi connectivity index (χ1n) is 6.61. The van der Waals surface area contributed by atoms with Gasteiger partial charge in [-0.05, 0) is 39.8 Å². The van der Waals surface area contributed by atoms with Gasteiger partial charge < -0.3 is 5.32 Å². The first kappa shape index (κ1) is 17.8. The van der Waals surface area contributed by atoms with Gasteiger partial charge in [0.05, 0.1) is 0 Å². The number of nitrogens with one attached hydrogen (secondary N) is 1. The quantitative estimate of drug-likeness (QED) is 0.647. The van der Waals surface area contributed by atoms with Gasteiger partial charge in [-0.2, -0.15) is 17.0 Å². The Bertz CT molecular complexity index is 328. The summed E-state index contributed by atoms with van der Waals surface area (Å²) in [6.45, 7) is 10.2. The van der Waals surface area contributed by atoms with Gasteiger partial charge in [0.2, 0.25) is 0 Å². The molecule has 0 aromatic rings. The minimum absolute atomic E-state index is 0.352. The molecule has 0 atom stereocenters. The second-order valence-corrected chi connectivity index (χ2v) is 7.24. The lowest BCUT2D eigenvalue weighted by atomic mass is 10.0. The van der Waals surface area contributed by atoms with Gasteiger partial charge in [0, 0.05) is 26.2 Å². The zero-order chi connectivity index (χ0) is 14.4. The fraction of sp³-hybridized carbons (Fsp3) is 1.00. The lowest BCUT2D eigenvalue weighted by molar-refractivity contribution is 0.239. The van der Waals surface area contributed by atoms with Crippen LogP contribution in [0.3, 0.4) is 0 Å². The summed E-state index contributed by atoms with van der Waals surface area (Å²) in [4.78, 5) is 0. The highest BCUT2D eigenvalue weighted by atomic mass is 32.2. The fourth-order valence-electron chi connectivity index (χ4n) is 1.46. The topological polar surface area (TPSA) is 52.7 Å². The van der Waals surface area contributed by atoms with E-state index in [9.17, 15) is 8.42 Å². The molecule has 5 nitrogen and oxygen atoms in total. The summed E-state index contributed by atoms with van der Waals surface area (Å²) in [5.41, 5.74) is -0.352. The number of rotatable bonds is 9. The molecule has 0 unspecified atom stereocenters. The summed E-state index contributed by atoms with van der Waals surface area (Å²) in [5.74, 6) is 0. The lowest BCUT2D eigenvalue weighted by Gasteiger charge is -2.36. The third-order valence-corrected chi connectivity index (χ3v) is 5.69. The van der Waals surface area contributed by atoms with Gasteiger partial charge >= 0.3 is 0 Å². The summed E-state index contributed by atoms with van der Waals surface area (Å²) in [5, 5.41) is 3.19. The van der Waals surface area contributed by atoms with E-state index in [2.05, 4.69) is 5.32 Å². The van der Waals surface area contributed by atoms with Crippen molar-refractivity contribution >= 4 is 10.2 Å². The maximum atomic E-state index is 12.3. The van der Waals surface area contributed by atoms with E-state index >= 15 is 0 Å². The molecule has 0 bridgehead atoms. The van der Waals surface area contributed by atoms with Gasteiger partial charge in [0.25, 0.3) is 10.2 Å². The summed E-state index contributed by atoms with van der Waals surface area (Å²) in [7, 11) is -0.0623. The van der Waals surface area contributed by atoms with Crippen LogP contribution in [0.25, 0.3) is 0 Å². The molecule has 0 aliphatic rings.